The average Bonchev–Trinajstić information content (AvgIpc) is 3.32. The van der Waals surface area contributed by atoms with Crippen molar-refractivity contribution in [1.82, 2.24) is 9.97 Å². The van der Waals surface area contributed by atoms with E-state index in [4.69, 9.17) is 16.3 Å². The molecule has 0 spiro atoms. The number of aromatic amines is 1. The van der Waals surface area contributed by atoms with E-state index in [1.807, 2.05) is 22.6 Å². The van der Waals surface area contributed by atoms with Gasteiger partial charge in [0.2, 0.25) is 5.95 Å². The zero-order chi connectivity index (χ0) is 17.0. The standard InChI is InChI=1S/C18H13ClFN3OS/c19-12-8-14-15(9-13(12)20)22-18(21-14)23-4-6-25-17(23)11-1-2-16-10(7-11)3-5-24-16/h1-2,4,6-9,17H,3,5H2,(H,21,22). The molecular formula is C18H13ClFN3OS. The van der Waals surface area contributed by atoms with Gasteiger partial charge >= 0.3 is 0 Å². The van der Waals surface area contributed by atoms with Crippen LogP contribution in [0.2, 0.25) is 5.02 Å². The molecule has 1 N–H and O–H groups in total. The number of imidazole rings is 1. The SMILES string of the molecule is Fc1cc2[nH]c(N3C=CSC3c3ccc4c(c3)CCO4)nc2cc1Cl. The normalized spacial score (nSPS) is 18.8. The zero-order valence-corrected chi connectivity index (χ0v) is 14.6. The Morgan fingerprint density at radius 1 is 1.32 bits per heavy atom. The van der Waals surface area contributed by atoms with E-state index < -0.39 is 5.82 Å². The Morgan fingerprint density at radius 3 is 3.16 bits per heavy atom. The first-order valence-corrected chi connectivity index (χ1v) is 9.22. The first-order valence-electron chi connectivity index (χ1n) is 7.90. The molecule has 2 aliphatic rings. The Morgan fingerprint density at radius 2 is 2.24 bits per heavy atom. The molecule has 0 saturated carbocycles. The number of nitrogens with one attached hydrogen (secondary N) is 1. The van der Waals surface area contributed by atoms with Gasteiger partial charge in [0.05, 0.1) is 22.7 Å². The molecule has 0 amide bonds. The van der Waals surface area contributed by atoms with E-state index in [0.717, 1.165) is 18.8 Å². The Labute approximate surface area is 152 Å². The number of aromatic nitrogens is 2. The molecule has 0 aliphatic carbocycles. The number of ether oxygens (including phenoxy) is 1. The summed E-state index contributed by atoms with van der Waals surface area (Å²) >= 11 is 7.57. The minimum Gasteiger partial charge on any atom is -0.493 e. The second-order valence-corrected chi connectivity index (χ2v) is 7.39. The Bertz CT molecular complexity index is 980. The highest BCUT2D eigenvalue weighted by molar-refractivity contribution is 8.02. The Hall–Kier alpha value is -2.18. The van der Waals surface area contributed by atoms with Crippen LogP contribution < -0.4 is 9.64 Å². The second kappa shape index (κ2) is 5.68. The van der Waals surface area contributed by atoms with Crippen molar-refractivity contribution in [2.75, 3.05) is 11.5 Å². The van der Waals surface area contributed by atoms with Gasteiger partial charge in [-0.05, 0) is 34.7 Å². The van der Waals surface area contributed by atoms with E-state index in [0.29, 0.717) is 17.0 Å². The molecule has 126 valence electrons. The predicted octanol–water partition coefficient (Wildman–Crippen LogP) is 5.01. The maximum absolute atomic E-state index is 13.7. The Balaban J connectivity index is 1.53. The van der Waals surface area contributed by atoms with Crippen molar-refractivity contribution in [3.63, 3.8) is 0 Å². The summed E-state index contributed by atoms with van der Waals surface area (Å²) in [6, 6.07) is 9.23. The molecular weight excluding hydrogens is 361 g/mol. The summed E-state index contributed by atoms with van der Waals surface area (Å²) in [5.41, 5.74) is 3.70. The summed E-state index contributed by atoms with van der Waals surface area (Å²) in [6.07, 6.45) is 2.92. The molecule has 3 heterocycles. The van der Waals surface area contributed by atoms with E-state index in [1.165, 1.54) is 17.2 Å². The highest BCUT2D eigenvalue weighted by Gasteiger charge is 2.27. The first kappa shape index (κ1) is 15.1. The molecule has 0 radical (unpaired) electrons. The van der Waals surface area contributed by atoms with Crippen LogP contribution in [0, 0.1) is 5.82 Å². The van der Waals surface area contributed by atoms with Gasteiger partial charge in [-0.25, -0.2) is 9.37 Å². The van der Waals surface area contributed by atoms with E-state index in [9.17, 15) is 4.39 Å². The summed E-state index contributed by atoms with van der Waals surface area (Å²) in [6.45, 7) is 0.745. The number of nitrogens with zero attached hydrogens (tertiary/aromatic N) is 2. The zero-order valence-electron chi connectivity index (χ0n) is 13.0. The van der Waals surface area contributed by atoms with E-state index in [1.54, 1.807) is 17.8 Å². The van der Waals surface area contributed by atoms with Crippen LogP contribution in [-0.2, 0) is 6.42 Å². The maximum Gasteiger partial charge on any atom is 0.209 e. The van der Waals surface area contributed by atoms with Crippen molar-refractivity contribution >= 4 is 40.3 Å². The number of fused-ring (bicyclic) bond motifs is 2. The highest BCUT2D eigenvalue weighted by atomic mass is 35.5. The summed E-state index contributed by atoms with van der Waals surface area (Å²) in [5.74, 6) is 1.19. The third-order valence-electron chi connectivity index (χ3n) is 4.44. The third-order valence-corrected chi connectivity index (χ3v) is 5.76. The van der Waals surface area contributed by atoms with Gasteiger partial charge in [-0.1, -0.05) is 17.7 Å². The molecule has 5 rings (SSSR count). The van der Waals surface area contributed by atoms with Gasteiger partial charge in [0.1, 0.15) is 16.9 Å². The van der Waals surface area contributed by atoms with Crippen LogP contribution in [-0.4, -0.2) is 16.6 Å². The van der Waals surface area contributed by atoms with Crippen molar-refractivity contribution in [3.05, 3.63) is 63.9 Å². The number of H-pyrrole nitrogens is 1. The minimum absolute atomic E-state index is 0.0757. The molecule has 2 aliphatic heterocycles. The number of benzene rings is 2. The van der Waals surface area contributed by atoms with Gasteiger partial charge in [-0.15, -0.1) is 11.8 Å². The van der Waals surface area contributed by atoms with Crippen LogP contribution in [0.3, 0.4) is 0 Å². The van der Waals surface area contributed by atoms with Crippen LogP contribution in [0.25, 0.3) is 11.0 Å². The van der Waals surface area contributed by atoms with Gasteiger partial charge in [0.15, 0.2) is 0 Å². The first-order chi connectivity index (χ1) is 12.2. The average molecular weight is 374 g/mol. The van der Waals surface area contributed by atoms with Gasteiger partial charge < -0.3 is 14.6 Å². The smallest absolute Gasteiger partial charge is 0.209 e. The summed E-state index contributed by atoms with van der Waals surface area (Å²) in [7, 11) is 0. The summed E-state index contributed by atoms with van der Waals surface area (Å²) in [4.78, 5) is 9.81. The lowest BCUT2D eigenvalue weighted by Gasteiger charge is -2.23. The van der Waals surface area contributed by atoms with Crippen molar-refractivity contribution in [3.8, 4) is 5.75 Å². The number of halogens is 2. The molecule has 0 saturated heterocycles. The lowest BCUT2D eigenvalue weighted by molar-refractivity contribution is 0.357. The summed E-state index contributed by atoms with van der Waals surface area (Å²) < 4.78 is 19.3. The third kappa shape index (κ3) is 2.48. The molecule has 1 aromatic heterocycles. The summed E-state index contributed by atoms with van der Waals surface area (Å²) in [5, 5.41) is 2.19. The van der Waals surface area contributed by atoms with Gasteiger partial charge in [-0.2, -0.15) is 0 Å². The van der Waals surface area contributed by atoms with Crippen molar-refractivity contribution in [2.24, 2.45) is 0 Å². The van der Waals surface area contributed by atoms with Crippen molar-refractivity contribution in [2.45, 2.75) is 11.8 Å². The topological polar surface area (TPSA) is 41.2 Å². The van der Waals surface area contributed by atoms with E-state index >= 15 is 0 Å². The van der Waals surface area contributed by atoms with Crippen molar-refractivity contribution in [1.29, 1.82) is 0 Å². The van der Waals surface area contributed by atoms with Crippen LogP contribution in [0.1, 0.15) is 16.5 Å². The van der Waals surface area contributed by atoms with Crippen molar-refractivity contribution < 1.29 is 9.13 Å². The predicted molar refractivity (Wildman–Crippen MR) is 98.7 cm³/mol. The molecule has 1 unspecified atom stereocenters. The number of anilines is 1. The highest BCUT2D eigenvalue weighted by Crippen LogP contribution is 2.43. The molecule has 0 bridgehead atoms. The number of rotatable bonds is 2. The fourth-order valence-corrected chi connectivity index (χ4v) is 4.33. The molecule has 3 aromatic rings. The number of hydrogen-bond acceptors (Lipinski definition) is 4. The van der Waals surface area contributed by atoms with Crippen LogP contribution in [0.4, 0.5) is 10.3 Å². The second-order valence-electron chi connectivity index (χ2n) is 5.99. The van der Waals surface area contributed by atoms with Crippen LogP contribution in [0.5, 0.6) is 5.75 Å². The van der Waals surface area contributed by atoms with Crippen LogP contribution in [0.15, 0.2) is 41.9 Å². The largest absolute Gasteiger partial charge is 0.493 e. The molecule has 4 nitrogen and oxygen atoms in total. The lowest BCUT2D eigenvalue weighted by atomic mass is 10.1. The lowest BCUT2D eigenvalue weighted by Crippen LogP contribution is -2.18. The van der Waals surface area contributed by atoms with E-state index in [-0.39, 0.29) is 10.4 Å². The molecule has 1 atom stereocenters. The number of hydrogen-bond donors (Lipinski definition) is 1. The molecule has 2 aromatic carbocycles. The van der Waals surface area contributed by atoms with Gasteiger partial charge in [0.25, 0.3) is 0 Å². The Kier molecular flexibility index (Phi) is 3.43. The van der Waals surface area contributed by atoms with Gasteiger partial charge in [0, 0.05) is 18.7 Å². The minimum atomic E-state index is -0.453. The van der Waals surface area contributed by atoms with Gasteiger partial charge in [-0.3, -0.25) is 0 Å². The van der Waals surface area contributed by atoms with Crippen LogP contribution >= 0.6 is 23.4 Å². The maximum atomic E-state index is 13.7. The monoisotopic (exact) mass is 373 g/mol. The quantitative estimate of drug-likeness (QED) is 0.685. The fraction of sp³-hybridized carbons (Fsp3) is 0.167. The molecule has 7 heteroatoms. The number of thioether (sulfide) groups is 1. The fourth-order valence-electron chi connectivity index (χ4n) is 3.21. The molecule has 25 heavy (non-hydrogen) atoms. The van der Waals surface area contributed by atoms with E-state index in [2.05, 4.69) is 22.1 Å². The molecule has 0 fully saturated rings.